The molecule has 1 aromatic heterocycles. The third kappa shape index (κ3) is 1.51. The van der Waals surface area contributed by atoms with Crippen LogP contribution in [0.1, 0.15) is 0 Å². The molecule has 6 heteroatoms. The quantitative estimate of drug-likeness (QED) is 0.811. The Hall–Kier alpha value is -1.01. The average molecular weight is 274 g/mol. The Balaban J connectivity index is 2.69. The molecule has 0 atom stereocenters. The number of hydrogen-bond acceptors (Lipinski definition) is 2. The van der Waals surface area contributed by atoms with Gasteiger partial charge in [-0.05, 0) is 40.3 Å². The van der Waals surface area contributed by atoms with Gasteiger partial charge in [-0.1, -0.05) is 6.07 Å². The van der Waals surface area contributed by atoms with Crippen LogP contribution in [0.3, 0.4) is 0 Å². The topological polar surface area (TPSA) is 33.6 Å². The fourth-order valence-corrected chi connectivity index (χ4v) is 1.65. The van der Waals surface area contributed by atoms with Crippen molar-refractivity contribution in [2.75, 3.05) is 0 Å². The number of halogens is 2. The van der Waals surface area contributed by atoms with Crippen molar-refractivity contribution in [3.8, 4) is 5.69 Å². The third-order valence-electron chi connectivity index (χ3n) is 1.74. The highest BCUT2D eigenvalue weighted by atomic mass is 79.9. The zero-order chi connectivity index (χ0) is 10.1. The van der Waals surface area contributed by atoms with Crippen molar-refractivity contribution in [3.63, 3.8) is 0 Å². The lowest BCUT2D eigenvalue weighted by atomic mass is 10.3. The molecule has 0 spiro atoms. The van der Waals surface area contributed by atoms with E-state index in [0.29, 0.717) is 14.9 Å². The molecule has 0 aliphatic heterocycles. The number of aromatic nitrogens is 3. The van der Waals surface area contributed by atoms with E-state index in [9.17, 15) is 4.39 Å². The lowest BCUT2D eigenvalue weighted by Crippen LogP contribution is -1.96. The summed E-state index contributed by atoms with van der Waals surface area (Å²) in [4.78, 5) is 0. The van der Waals surface area contributed by atoms with Crippen LogP contribution >= 0.6 is 28.1 Å². The van der Waals surface area contributed by atoms with E-state index in [0.717, 1.165) is 0 Å². The maximum absolute atomic E-state index is 13.6. The lowest BCUT2D eigenvalue weighted by molar-refractivity contribution is 0.611. The number of rotatable bonds is 1. The molecular formula is C8H5BrFN3S. The van der Waals surface area contributed by atoms with Gasteiger partial charge in [0.15, 0.2) is 10.6 Å². The summed E-state index contributed by atoms with van der Waals surface area (Å²) < 4.78 is 15.8. The molecule has 0 saturated carbocycles. The standard InChI is InChI=1S/C8H5BrFN3S/c9-5-2-1-3-6(7(5)10)13-4-11-12-8(13)14/h1-4H,(H,12,14). The highest BCUT2D eigenvalue weighted by Gasteiger charge is 2.08. The van der Waals surface area contributed by atoms with E-state index in [1.807, 2.05) is 0 Å². The van der Waals surface area contributed by atoms with Crippen molar-refractivity contribution >= 4 is 28.1 Å². The highest BCUT2D eigenvalue weighted by Crippen LogP contribution is 2.21. The number of H-pyrrole nitrogens is 1. The first-order valence-electron chi connectivity index (χ1n) is 3.76. The molecule has 0 radical (unpaired) electrons. The zero-order valence-electron chi connectivity index (χ0n) is 6.87. The van der Waals surface area contributed by atoms with E-state index in [4.69, 9.17) is 12.2 Å². The molecule has 14 heavy (non-hydrogen) atoms. The van der Waals surface area contributed by atoms with Gasteiger partial charge in [0.1, 0.15) is 6.33 Å². The molecule has 0 aliphatic carbocycles. The fraction of sp³-hybridized carbons (Fsp3) is 0. The summed E-state index contributed by atoms with van der Waals surface area (Å²) >= 11 is 8.04. The van der Waals surface area contributed by atoms with Crippen molar-refractivity contribution in [1.29, 1.82) is 0 Å². The number of nitrogens with one attached hydrogen (secondary N) is 1. The molecule has 0 unspecified atom stereocenters. The Kier molecular flexibility index (Phi) is 2.47. The van der Waals surface area contributed by atoms with Gasteiger partial charge in [0.25, 0.3) is 0 Å². The van der Waals surface area contributed by atoms with Gasteiger partial charge in [0, 0.05) is 0 Å². The second-order valence-electron chi connectivity index (χ2n) is 2.60. The Bertz CT molecular complexity index is 519. The molecule has 1 heterocycles. The van der Waals surface area contributed by atoms with Crippen LogP contribution in [0.4, 0.5) is 4.39 Å². The van der Waals surface area contributed by atoms with Crippen LogP contribution in [0.25, 0.3) is 5.69 Å². The summed E-state index contributed by atoms with van der Waals surface area (Å²) in [5, 5.41) is 6.28. The highest BCUT2D eigenvalue weighted by molar-refractivity contribution is 9.10. The van der Waals surface area contributed by atoms with Gasteiger partial charge in [0.05, 0.1) is 10.2 Å². The Morgan fingerprint density at radius 2 is 2.29 bits per heavy atom. The van der Waals surface area contributed by atoms with Crippen LogP contribution < -0.4 is 0 Å². The molecule has 0 fully saturated rings. The summed E-state index contributed by atoms with van der Waals surface area (Å²) in [5.74, 6) is -0.356. The number of benzene rings is 1. The second kappa shape index (κ2) is 3.62. The first kappa shape index (κ1) is 9.54. The smallest absolute Gasteiger partial charge is 0.199 e. The summed E-state index contributed by atoms with van der Waals surface area (Å²) in [7, 11) is 0. The third-order valence-corrected chi connectivity index (χ3v) is 2.64. The molecule has 2 rings (SSSR count). The molecule has 0 saturated heterocycles. The first-order valence-corrected chi connectivity index (χ1v) is 4.96. The Morgan fingerprint density at radius 3 is 2.93 bits per heavy atom. The van der Waals surface area contributed by atoms with E-state index in [2.05, 4.69) is 26.1 Å². The first-order chi connectivity index (χ1) is 6.70. The van der Waals surface area contributed by atoms with Crippen molar-refractivity contribution in [1.82, 2.24) is 14.8 Å². The van der Waals surface area contributed by atoms with Crippen molar-refractivity contribution in [2.24, 2.45) is 0 Å². The van der Waals surface area contributed by atoms with E-state index in [1.54, 1.807) is 18.2 Å². The summed E-state index contributed by atoms with van der Waals surface area (Å²) in [6.45, 7) is 0. The van der Waals surface area contributed by atoms with Crippen LogP contribution in [0.2, 0.25) is 0 Å². The van der Waals surface area contributed by atoms with Gasteiger partial charge in [-0.3, -0.25) is 9.67 Å². The zero-order valence-corrected chi connectivity index (χ0v) is 9.27. The largest absolute Gasteiger partial charge is 0.272 e. The maximum atomic E-state index is 13.6. The molecule has 0 bridgehead atoms. The van der Waals surface area contributed by atoms with Crippen LogP contribution in [0.5, 0.6) is 0 Å². The Labute approximate surface area is 92.7 Å². The molecule has 0 amide bonds. The van der Waals surface area contributed by atoms with Gasteiger partial charge in [-0.15, -0.1) is 0 Å². The predicted molar refractivity (Wildman–Crippen MR) is 56.4 cm³/mol. The van der Waals surface area contributed by atoms with E-state index < -0.39 is 0 Å². The average Bonchev–Trinajstić information content (AvgIpc) is 2.57. The van der Waals surface area contributed by atoms with Crippen LogP contribution in [-0.4, -0.2) is 14.8 Å². The molecule has 0 aliphatic rings. The van der Waals surface area contributed by atoms with Gasteiger partial charge in [0.2, 0.25) is 0 Å². The van der Waals surface area contributed by atoms with Gasteiger partial charge < -0.3 is 0 Å². The Morgan fingerprint density at radius 1 is 1.50 bits per heavy atom. The minimum atomic E-state index is -0.356. The van der Waals surface area contributed by atoms with Crippen LogP contribution in [0.15, 0.2) is 29.0 Å². The summed E-state index contributed by atoms with van der Waals surface area (Å²) in [5.41, 5.74) is 0.373. The number of nitrogens with zero attached hydrogens (tertiary/aromatic N) is 2. The van der Waals surface area contributed by atoms with Gasteiger partial charge >= 0.3 is 0 Å². The predicted octanol–water partition coefficient (Wildman–Crippen LogP) is 2.83. The molecule has 72 valence electrons. The molecule has 3 nitrogen and oxygen atoms in total. The van der Waals surface area contributed by atoms with E-state index in [1.165, 1.54) is 10.9 Å². The van der Waals surface area contributed by atoms with E-state index >= 15 is 0 Å². The lowest BCUT2D eigenvalue weighted by Gasteiger charge is -2.03. The molecule has 1 N–H and O–H groups in total. The van der Waals surface area contributed by atoms with Crippen molar-refractivity contribution < 1.29 is 4.39 Å². The summed E-state index contributed by atoms with van der Waals surface area (Å²) in [6.07, 6.45) is 1.44. The van der Waals surface area contributed by atoms with Crippen LogP contribution in [0, 0.1) is 10.6 Å². The SMILES string of the molecule is Fc1c(Br)cccc1-n1cn[nH]c1=S. The summed E-state index contributed by atoms with van der Waals surface area (Å²) in [6, 6.07) is 4.99. The monoisotopic (exact) mass is 273 g/mol. The van der Waals surface area contributed by atoms with E-state index in [-0.39, 0.29) is 5.82 Å². The maximum Gasteiger partial charge on any atom is 0.199 e. The minimum Gasteiger partial charge on any atom is -0.272 e. The number of hydrogen-bond donors (Lipinski definition) is 1. The molecule has 1 aromatic carbocycles. The van der Waals surface area contributed by atoms with Crippen molar-refractivity contribution in [2.45, 2.75) is 0 Å². The fourth-order valence-electron chi connectivity index (χ4n) is 1.10. The molecular weight excluding hydrogens is 269 g/mol. The second-order valence-corrected chi connectivity index (χ2v) is 3.85. The number of aromatic amines is 1. The van der Waals surface area contributed by atoms with Crippen LogP contribution in [-0.2, 0) is 0 Å². The molecule has 2 aromatic rings. The van der Waals surface area contributed by atoms with Crippen molar-refractivity contribution in [3.05, 3.63) is 39.6 Å². The minimum absolute atomic E-state index is 0.356. The van der Waals surface area contributed by atoms with Gasteiger partial charge in [-0.2, -0.15) is 5.10 Å². The normalized spacial score (nSPS) is 10.4. The van der Waals surface area contributed by atoms with Gasteiger partial charge in [-0.25, -0.2) is 4.39 Å².